The minimum absolute atomic E-state index is 0.0805. The molecule has 0 radical (unpaired) electrons. The van der Waals surface area contributed by atoms with E-state index in [0.717, 1.165) is 5.56 Å². The fourth-order valence-electron chi connectivity index (χ4n) is 1.84. The lowest BCUT2D eigenvalue weighted by molar-refractivity contribution is -0.170. The van der Waals surface area contributed by atoms with Crippen LogP contribution in [-0.2, 0) is 4.79 Å². The molecule has 0 saturated heterocycles. The molecule has 2 rings (SSSR count). The molecular formula is C13H15F3N2O. The van der Waals surface area contributed by atoms with E-state index in [4.69, 9.17) is 5.73 Å². The van der Waals surface area contributed by atoms with Crippen LogP contribution in [0.5, 0.6) is 0 Å². The van der Waals surface area contributed by atoms with Crippen LogP contribution in [0.4, 0.5) is 13.2 Å². The number of halogens is 3. The van der Waals surface area contributed by atoms with Gasteiger partial charge in [-0.1, -0.05) is 29.8 Å². The number of nitrogens with two attached hydrogens (primary N) is 1. The standard InChI is InChI=1S/C13H15F3N2O/c1-8-2-4-9(5-3-8)10(17)11(19)18-12(6-7-12)13(14,15)16/h2-5,10H,6-7,17H2,1H3,(H,18,19). The van der Waals surface area contributed by atoms with E-state index < -0.39 is 23.7 Å². The molecule has 3 N–H and O–H groups in total. The Morgan fingerprint density at radius 3 is 2.26 bits per heavy atom. The summed E-state index contributed by atoms with van der Waals surface area (Å²) in [6.45, 7) is 1.87. The Bertz CT molecular complexity index is 478. The van der Waals surface area contributed by atoms with E-state index in [1.54, 1.807) is 24.3 Å². The minimum Gasteiger partial charge on any atom is -0.340 e. The van der Waals surface area contributed by atoms with Crippen molar-refractivity contribution in [1.82, 2.24) is 5.32 Å². The van der Waals surface area contributed by atoms with Crippen LogP contribution in [-0.4, -0.2) is 17.6 Å². The molecule has 1 saturated carbocycles. The molecule has 1 fully saturated rings. The highest BCUT2D eigenvalue weighted by molar-refractivity contribution is 5.84. The van der Waals surface area contributed by atoms with Crippen LogP contribution in [0.25, 0.3) is 0 Å². The Balaban J connectivity index is 2.07. The lowest BCUT2D eigenvalue weighted by Gasteiger charge is -2.23. The van der Waals surface area contributed by atoms with Gasteiger partial charge in [0.2, 0.25) is 5.91 Å². The molecule has 0 aliphatic heterocycles. The Morgan fingerprint density at radius 2 is 1.84 bits per heavy atom. The lowest BCUT2D eigenvalue weighted by Crippen LogP contribution is -2.50. The SMILES string of the molecule is Cc1ccc(C(N)C(=O)NC2(C(F)(F)F)CC2)cc1. The third-order valence-electron chi connectivity index (χ3n) is 3.37. The number of carbonyl (C=O) groups is 1. The number of hydrogen-bond acceptors (Lipinski definition) is 2. The van der Waals surface area contributed by atoms with Gasteiger partial charge in [-0.25, -0.2) is 0 Å². The number of rotatable bonds is 3. The molecule has 1 amide bonds. The number of hydrogen-bond donors (Lipinski definition) is 2. The summed E-state index contributed by atoms with van der Waals surface area (Å²) in [6, 6.07) is 5.73. The average Bonchev–Trinajstić information content (AvgIpc) is 3.09. The summed E-state index contributed by atoms with van der Waals surface area (Å²) < 4.78 is 38.2. The quantitative estimate of drug-likeness (QED) is 0.886. The van der Waals surface area contributed by atoms with E-state index in [0.29, 0.717) is 5.56 Å². The molecule has 1 aliphatic carbocycles. The fraction of sp³-hybridized carbons (Fsp3) is 0.462. The first-order chi connectivity index (χ1) is 8.75. The van der Waals surface area contributed by atoms with Crippen molar-refractivity contribution in [2.75, 3.05) is 0 Å². The van der Waals surface area contributed by atoms with Gasteiger partial charge < -0.3 is 11.1 Å². The van der Waals surface area contributed by atoms with E-state index in [1.807, 2.05) is 12.2 Å². The van der Waals surface area contributed by atoms with Crippen LogP contribution in [0.3, 0.4) is 0 Å². The molecule has 0 aromatic heterocycles. The van der Waals surface area contributed by atoms with Crippen molar-refractivity contribution in [3.63, 3.8) is 0 Å². The number of aryl methyl sites for hydroxylation is 1. The van der Waals surface area contributed by atoms with E-state index >= 15 is 0 Å². The number of amides is 1. The first-order valence-corrected chi connectivity index (χ1v) is 5.96. The van der Waals surface area contributed by atoms with Gasteiger partial charge in [0, 0.05) is 0 Å². The van der Waals surface area contributed by atoms with Gasteiger partial charge in [0.15, 0.2) is 0 Å². The first kappa shape index (κ1) is 13.9. The third-order valence-corrected chi connectivity index (χ3v) is 3.37. The molecule has 1 aromatic rings. The number of benzene rings is 1. The molecule has 0 spiro atoms. The van der Waals surface area contributed by atoms with Crippen LogP contribution in [0.2, 0.25) is 0 Å². The number of alkyl halides is 3. The van der Waals surface area contributed by atoms with E-state index in [9.17, 15) is 18.0 Å². The Morgan fingerprint density at radius 1 is 1.32 bits per heavy atom. The summed E-state index contributed by atoms with van der Waals surface area (Å²) in [6.07, 6.45) is -4.58. The zero-order valence-corrected chi connectivity index (χ0v) is 10.4. The molecule has 1 aliphatic rings. The molecule has 104 valence electrons. The minimum atomic E-state index is -4.42. The largest absolute Gasteiger partial charge is 0.411 e. The maximum absolute atomic E-state index is 12.7. The third kappa shape index (κ3) is 2.73. The van der Waals surface area contributed by atoms with Crippen LogP contribution < -0.4 is 11.1 Å². The molecule has 1 aromatic carbocycles. The van der Waals surface area contributed by atoms with Gasteiger partial charge in [-0.15, -0.1) is 0 Å². The van der Waals surface area contributed by atoms with Crippen molar-refractivity contribution in [2.24, 2.45) is 5.73 Å². The fourth-order valence-corrected chi connectivity index (χ4v) is 1.84. The van der Waals surface area contributed by atoms with Crippen molar-refractivity contribution in [1.29, 1.82) is 0 Å². The second kappa shape index (κ2) is 4.52. The van der Waals surface area contributed by atoms with Gasteiger partial charge in [-0.3, -0.25) is 4.79 Å². The van der Waals surface area contributed by atoms with Crippen LogP contribution in [0.15, 0.2) is 24.3 Å². The average molecular weight is 272 g/mol. The Labute approximate surface area is 109 Å². The van der Waals surface area contributed by atoms with E-state index in [-0.39, 0.29) is 12.8 Å². The summed E-state index contributed by atoms with van der Waals surface area (Å²) in [5.41, 5.74) is 5.12. The molecular weight excluding hydrogens is 257 g/mol. The monoisotopic (exact) mass is 272 g/mol. The van der Waals surface area contributed by atoms with Crippen molar-refractivity contribution in [3.8, 4) is 0 Å². The molecule has 0 heterocycles. The van der Waals surface area contributed by atoms with Crippen molar-refractivity contribution in [2.45, 2.75) is 37.5 Å². The van der Waals surface area contributed by atoms with Crippen molar-refractivity contribution >= 4 is 5.91 Å². The molecule has 3 nitrogen and oxygen atoms in total. The second-order valence-electron chi connectivity index (χ2n) is 4.96. The smallest absolute Gasteiger partial charge is 0.340 e. The van der Waals surface area contributed by atoms with Gasteiger partial charge in [0.1, 0.15) is 11.6 Å². The molecule has 0 bridgehead atoms. The zero-order valence-electron chi connectivity index (χ0n) is 10.4. The predicted octanol–water partition coefficient (Wildman–Crippen LogP) is 2.21. The zero-order chi connectivity index (χ0) is 14.3. The van der Waals surface area contributed by atoms with Gasteiger partial charge in [0.05, 0.1) is 0 Å². The van der Waals surface area contributed by atoms with Crippen LogP contribution in [0.1, 0.15) is 30.0 Å². The molecule has 6 heteroatoms. The van der Waals surface area contributed by atoms with Gasteiger partial charge in [-0.05, 0) is 25.3 Å². The first-order valence-electron chi connectivity index (χ1n) is 5.96. The topological polar surface area (TPSA) is 55.1 Å². The molecule has 1 unspecified atom stereocenters. The van der Waals surface area contributed by atoms with Gasteiger partial charge >= 0.3 is 6.18 Å². The molecule has 19 heavy (non-hydrogen) atoms. The Kier molecular flexibility index (Phi) is 3.30. The van der Waals surface area contributed by atoms with E-state index in [1.165, 1.54) is 0 Å². The summed E-state index contributed by atoms with van der Waals surface area (Å²) in [4.78, 5) is 11.8. The normalized spacial score (nSPS) is 18.8. The Hall–Kier alpha value is -1.56. The maximum atomic E-state index is 12.7. The van der Waals surface area contributed by atoms with Gasteiger partial charge in [0.25, 0.3) is 0 Å². The van der Waals surface area contributed by atoms with E-state index in [2.05, 4.69) is 0 Å². The summed E-state index contributed by atoms with van der Waals surface area (Å²) in [7, 11) is 0. The summed E-state index contributed by atoms with van der Waals surface area (Å²) in [5, 5.41) is 2.03. The van der Waals surface area contributed by atoms with Crippen LogP contribution in [0, 0.1) is 6.92 Å². The summed E-state index contributed by atoms with van der Waals surface area (Å²) >= 11 is 0. The maximum Gasteiger partial charge on any atom is 0.411 e. The van der Waals surface area contributed by atoms with Crippen molar-refractivity contribution in [3.05, 3.63) is 35.4 Å². The number of carbonyl (C=O) groups excluding carboxylic acids is 1. The highest BCUT2D eigenvalue weighted by atomic mass is 19.4. The van der Waals surface area contributed by atoms with Crippen LogP contribution >= 0.6 is 0 Å². The highest BCUT2D eigenvalue weighted by Crippen LogP contribution is 2.49. The highest BCUT2D eigenvalue weighted by Gasteiger charge is 2.64. The number of nitrogens with one attached hydrogen (secondary N) is 1. The molecule has 1 atom stereocenters. The second-order valence-corrected chi connectivity index (χ2v) is 4.96. The van der Waals surface area contributed by atoms with Gasteiger partial charge in [-0.2, -0.15) is 13.2 Å². The predicted molar refractivity (Wildman–Crippen MR) is 64.3 cm³/mol. The summed E-state index contributed by atoms with van der Waals surface area (Å²) in [5.74, 6) is -0.793. The lowest BCUT2D eigenvalue weighted by atomic mass is 10.0. The van der Waals surface area contributed by atoms with Crippen molar-refractivity contribution < 1.29 is 18.0 Å².